The van der Waals surface area contributed by atoms with Gasteiger partial charge in [-0.1, -0.05) is 20.8 Å². The molecule has 5 nitrogen and oxygen atoms in total. The Bertz CT molecular complexity index is 352. The lowest BCUT2D eigenvalue weighted by Gasteiger charge is -2.19. The molecule has 0 fully saturated rings. The number of aromatic nitrogens is 2. The van der Waals surface area contributed by atoms with Crippen molar-refractivity contribution in [1.29, 1.82) is 0 Å². The Balaban J connectivity index is 2.87. The first-order valence-corrected chi connectivity index (χ1v) is 4.83. The Hall–Kier alpha value is -1.36. The fourth-order valence-electron chi connectivity index (χ4n) is 1.44. The summed E-state index contributed by atoms with van der Waals surface area (Å²) in [6.45, 7) is 6.11. The molecule has 1 atom stereocenters. The molecule has 0 radical (unpaired) electrons. The van der Waals surface area contributed by atoms with E-state index >= 15 is 0 Å². The third-order valence-corrected chi connectivity index (χ3v) is 2.22. The summed E-state index contributed by atoms with van der Waals surface area (Å²) in [6, 6.07) is -0.872. The van der Waals surface area contributed by atoms with E-state index in [1.54, 1.807) is 6.20 Å². The third-order valence-electron chi connectivity index (χ3n) is 2.22. The SMILES string of the molecule is CC(C)(C)c1[nH]ncc1CC(N)C(=O)O. The second kappa shape index (κ2) is 4.02. The monoisotopic (exact) mass is 211 g/mol. The van der Waals surface area contributed by atoms with Crippen LogP contribution in [0.3, 0.4) is 0 Å². The standard InChI is InChI=1S/C10H17N3O2/c1-10(2,3)8-6(5-12-13-8)4-7(11)9(14)15/h5,7H,4,11H2,1-3H3,(H,12,13)(H,14,15). The van der Waals surface area contributed by atoms with Gasteiger partial charge in [-0.3, -0.25) is 9.89 Å². The Morgan fingerprint density at radius 3 is 2.73 bits per heavy atom. The minimum atomic E-state index is -0.990. The lowest BCUT2D eigenvalue weighted by atomic mass is 9.88. The number of nitrogens with zero attached hydrogens (tertiary/aromatic N) is 1. The Labute approximate surface area is 88.7 Å². The number of aliphatic carboxylic acids is 1. The molecular weight excluding hydrogens is 194 g/mol. The van der Waals surface area contributed by atoms with Crippen molar-refractivity contribution >= 4 is 5.97 Å². The lowest BCUT2D eigenvalue weighted by molar-refractivity contribution is -0.138. The van der Waals surface area contributed by atoms with Crippen LogP contribution in [-0.2, 0) is 16.6 Å². The van der Waals surface area contributed by atoms with E-state index in [1.807, 2.05) is 20.8 Å². The molecule has 0 saturated carbocycles. The van der Waals surface area contributed by atoms with Crippen molar-refractivity contribution in [2.75, 3.05) is 0 Å². The number of rotatable bonds is 3. The molecule has 0 aliphatic rings. The molecule has 5 heteroatoms. The summed E-state index contributed by atoms with van der Waals surface area (Å²) in [7, 11) is 0. The fraction of sp³-hybridized carbons (Fsp3) is 0.600. The molecule has 1 heterocycles. The number of hydrogen-bond donors (Lipinski definition) is 3. The summed E-state index contributed by atoms with van der Waals surface area (Å²) in [4.78, 5) is 10.6. The highest BCUT2D eigenvalue weighted by Crippen LogP contribution is 2.23. The summed E-state index contributed by atoms with van der Waals surface area (Å²) in [5, 5.41) is 15.5. The van der Waals surface area contributed by atoms with E-state index in [9.17, 15) is 4.79 Å². The smallest absolute Gasteiger partial charge is 0.320 e. The van der Waals surface area contributed by atoms with Crippen LogP contribution in [0.2, 0.25) is 0 Å². The van der Waals surface area contributed by atoms with Gasteiger partial charge in [-0.05, 0) is 5.56 Å². The highest BCUT2D eigenvalue weighted by molar-refractivity contribution is 5.73. The van der Waals surface area contributed by atoms with Crippen LogP contribution in [0, 0.1) is 0 Å². The molecule has 4 N–H and O–H groups in total. The zero-order chi connectivity index (χ0) is 11.6. The summed E-state index contributed by atoms with van der Waals surface area (Å²) in [5.41, 5.74) is 7.22. The van der Waals surface area contributed by atoms with Crippen molar-refractivity contribution in [3.8, 4) is 0 Å². The lowest BCUT2D eigenvalue weighted by Crippen LogP contribution is -2.33. The van der Waals surface area contributed by atoms with E-state index in [0.717, 1.165) is 11.3 Å². The van der Waals surface area contributed by atoms with Crippen molar-refractivity contribution in [3.63, 3.8) is 0 Å². The van der Waals surface area contributed by atoms with Crippen molar-refractivity contribution in [2.45, 2.75) is 38.6 Å². The van der Waals surface area contributed by atoms with Gasteiger partial charge in [0.1, 0.15) is 6.04 Å². The summed E-state index contributed by atoms with van der Waals surface area (Å²) in [5.74, 6) is -0.990. The van der Waals surface area contributed by atoms with Gasteiger partial charge in [0.05, 0.1) is 6.20 Å². The molecule has 1 aromatic heterocycles. The van der Waals surface area contributed by atoms with Gasteiger partial charge in [0.2, 0.25) is 0 Å². The van der Waals surface area contributed by atoms with E-state index in [0.29, 0.717) is 6.42 Å². The number of carboxylic acid groups (broad SMARTS) is 1. The number of nitrogens with two attached hydrogens (primary N) is 1. The number of nitrogens with one attached hydrogen (secondary N) is 1. The molecule has 0 saturated heterocycles. The molecule has 0 amide bonds. The van der Waals surface area contributed by atoms with E-state index in [4.69, 9.17) is 10.8 Å². The molecule has 0 bridgehead atoms. The van der Waals surface area contributed by atoms with Crippen LogP contribution < -0.4 is 5.73 Å². The first-order valence-electron chi connectivity index (χ1n) is 4.83. The highest BCUT2D eigenvalue weighted by atomic mass is 16.4. The van der Waals surface area contributed by atoms with Crippen LogP contribution >= 0.6 is 0 Å². The van der Waals surface area contributed by atoms with Crippen molar-refractivity contribution in [3.05, 3.63) is 17.5 Å². The van der Waals surface area contributed by atoms with Crippen molar-refractivity contribution < 1.29 is 9.90 Å². The first-order chi connectivity index (χ1) is 6.82. The Morgan fingerprint density at radius 1 is 1.67 bits per heavy atom. The Kier molecular flexibility index (Phi) is 3.14. The van der Waals surface area contributed by atoms with Crippen LogP contribution in [0.5, 0.6) is 0 Å². The van der Waals surface area contributed by atoms with Gasteiger partial charge in [0.25, 0.3) is 0 Å². The molecule has 15 heavy (non-hydrogen) atoms. The predicted octanol–water partition coefficient (Wildman–Crippen LogP) is 0.662. The predicted molar refractivity (Wildman–Crippen MR) is 56.6 cm³/mol. The normalized spacial score (nSPS) is 13.9. The quantitative estimate of drug-likeness (QED) is 0.685. The van der Waals surface area contributed by atoms with E-state index in [2.05, 4.69) is 10.2 Å². The van der Waals surface area contributed by atoms with Gasteiger partial charge in [0.15, 0.2) is 0 Å². The number of carbonyl (C=O) groups is 1. The van der Waals surface area contributed by atoms with E-state index in [-0.39, 0.29) is 5.41 Å². The fourth-order valence-corrected chi connectivity index (χ4v) is 1.44. The summed E-state index contributed by atoms with van der Waals surface area (Å²) >= 11 is 0. The first kappa shape index (κ1) is 11.7. The largest absolute Gasteiger partial charge is 0.480 e. The maximum atomic E-state index is 10.6. The minimum Gasteiger partial charge on any atom is -0.480 e. The maximum absolute atomic E-state index is 10.6. The van der Waals surface area contributed by atoms with Crippen LogP contribution in [0.25, 0.3) is 0 Å². The topological polar surface area (TPSA) is 92.0 Å². The van der Waals surface area contributed by atoms with E-state index in [1.165, 1.54) is 0 Å². The average molecular weight is 211 g/mol. The number of hydrogen-bond acceptors (Lipinski definition) is 3. The molecule has 84 valence electrons. The van der Waals surface area contributed by atoms with Gasteiger partial charge in [-0.2, -0.15) is 5.10 Å². The van der Waals surface area contributed by atoms with Crippen LogP contribution in [0.1, 0.15) is 32.0 Å². The highest BCUT2D eigenvalue weighted by Gasteiger charge is 2.22. The zero-order valence-electron chi connectivity index (χ0n) is 9.24. The van der Waals surface area contributed by atoms with Crippen LogP contribution in [0.15, 0.2) is 6.20 Å². The van der Waals surface area contributed by atoms with E-state index < -0.39 is 12.0 Å². The molecule has 0 aliphatic carbocycles. The number of aromatic amines is 1. The second-order valence-corrected chi connectivity index (χ2v) is 4.67. The van der Waals surface area contributed by atoms with Crippen LogP contribution in [-0.4, -0.2) is 27.3 Å². The summed E-state index contributed by atoms with van der Waals surface area (Å²) in [6.07, 6.45) is 1.95. The van der Waals surface area contributed by atoms with Crippen LogP contribution in [0.4, 0.5) is 0 Å². The van der Waals surface area contributed by atoms with Gasteiger partial charge in [-0.25, -0.2) is 0 Å². The van der Waals surface area contributed by atoms with Gasteiger partial charge >= 0.3 is 5.97 Å². The molecular formula is C10H17N3O2. The van der Waals surface area contributed by atoms with Gasteiger partial charge in [0, 0.05) is 17.5 Å². The molecule has 1 rings (SSSR count). The second-order valence-electron chi connectivity index (χ2n) is 4.67. The average Bonchev–Trinajstić information content (AvgIpc) is 2.50. The van der Waals surface area contributed by atoms with Gasteiger partial charge < -0.3 is 10.8 Å². The third kappa shape index (κ3) is 2.79. The number of carboxylic acids is 1. The molecule has 0 aromatic carbocycles. The molecule has 0 aliphatic heterocycles. The minimum absolute atomic E-state index is 0.0793. The zero-order valence-corrected chi connectivity index (χ0v) is 9.24. The molecule has 1 aromatic rings. The van der Waals surface area contributed by atoms with Gasteiger partial charge in [-0.15, -0.1) is 0 Å². The summed E-state index contributed by atoms with van der Waals surface area (Å²) < 4.78 is 0. The Morgan fingerprint density at radius 2 is 2.27 bits per heavy atom. The van der Waals surface area contributed by atoms with Crippen molar-refractivity contribution in [2.24, 2.45) is 5.73 Å². The number of H-pyrrole nitrogens is 1. The van der Waals surface area contributed by atoms with Crippen molar-refractivity contribution in [1.82, 2.24) is 10.2 Å². The molecule has 1 unspecified atom stereocenters. The maximum Gasteiger partial charge on any atom is 0.320 e. The molecule has 0 spiro atoms.